The Bertz CT molecular complexity index is 1090. The largest absolute Gasteiger partial charge is 0.482 e. The fourth-order valence-electron chi connectivity index (χ4n) is 5.37. The maximum Gasteiger partial charge on any atom is 0.341 e. The second-order valence-corrected chi connectivity index (χ2v) is 9.93. The van der Waals surface area contributed by atoms with Gasteiger partial charge in [-0.05, 0) is 67.5 Å². The van der Waals surface area contributed by atoms with Crippen LogP contribution in [0.1, 0.15) is 61.1 Å². The Balaban J connectivity index is 1.43. The molecule has 194 valence electrons. The van der Waals surface area contributed by atoms with E-state index < -0.39 is 5.97 Å². The third-order valence-electron chi connectivity index (χ3n) is 7.27. The number of ether oxygens (including phenoxy) is 1. The highest BCUT2D eigenvalue weighted by molar-refractivity contribution is 5.86. The Morgan fingerprint density at radius 1 is 0.892 bits per heavy atom. The number of Topliss-reactive ketones (excluding diaryl/α,β-unsaturated/α-hetero) is 1. The molecule has 0 saturated heterocycles. The van der Waals surface area contributed by atoms with Gasteiger partial charge in [0.15, 0.2) is 12.4 Å². The molecule has 0 radical (unpaired) electrons. The molecule has 0 amide bonds. The first-order valence-electron chi connectivity index (χ1n) is 13.4. The van der Waals surface area contributed by atoms with E-state index in [4.69, 9.17) is 9.84 Å². The summed E-state index contributed by atoms with van der Waals surface area (Å²) in [4.78, 5) is 24.4. The van der Waals surface area contributed by atoms with Crippen LogP contribution in [0.5, 0.6) is 5.75 Å². The van der Waals surface area contributed by atoms with Crippen molar-refractivity contribution >= 4 is 11.8 Å². The van der Waals surface area contributed by atoms with Crippen LogP contribution in [0.15, 0.2) is 84.9 Å². The van der Waals surface area contributed by atoms with E-state index in [1.54, 1.807) is 6.07 Å². The van der Waals surface area contributed by atoms with Crippen LogP contribution >= 0.6 is 0 Å². The van der Waals surface area contributed by atoms with E-state index >= 15 is 0 Å². The van der Waals surface area contributed by atoms with Gasteiger partial charge in [-0.15, -0.1) is 0 Å². The molecule has 5 heteroatoms. The third kappa shape index (κ3) is 8.02. The van der Waals surface area contributed by atoms with Gasteiger partial charge in [0.25, 0.3) is 0 Å². The highest BCUT2D eigenvalue weighted by atomic mass is 16.5. The molecule has 0 spiro atoms. The second-order valence-electron chi connectivity index (χ2n) is 9.93. The summed E-state index contributed by atoms with van der Waals surface area (Å²) in [6.45, 7) is 0.388. The molecule has 1 aliphatic rings. The smallest absolute Gasteiger partial charge is 0.341 e. The first-order chi connectivity index (χ1) is 18.1. The lowest BCUT2D eigenvalue weighted by atomic mass is 9.82. The molecule has 1 unspecified atom stereocenters. The Morgan fingerprint density at radius 3 is 2.16 bits per heavy atom. The quantitative estimate of drug-likeness (QED) is 0.265. The van der Waals surface area contributed by atoms with E-state index in [-0.39, 0.29) is 24.5 Å². The van der Waals surface area contributed by atoms with Crippen molar-refractivity contribution in [2.45, 2.75) is 56.9 Å². The highest BCUT2D eigenvalue weighted by Crippen LogP contribution is 2.32. The van der Waals surface area contributed by atoms with Crippen LogP contribution < -0.4 is 10.1 Å². The van der Waals surface area contributed by atoms with Crippen LogP contribution in [0.2, 0.25) is 0 Å². The SMILES string of the molecule is O=C(O)COc1cccc(CCCNC(CC(c2ccccc2)c2ccccc2)C(=O)C2CCCC2)c1. The minimum Gasteiger partial charge on any atom is -0.482 e. The Morgan fingerprint density at radius 2 is 1.54 bits per heavy atom. The summed E-state index contributed by atoms with van der Waals surface area (Å²) in [5.74, 6) is 0.243. The molecule has 0 heterocycles. The van der Waals surface area contributed by atoms with Gasteiger partial charge in [-0.25, -0.2) is 4.79 Å². The number of carboxylic acids is 1. The monoisotopic (exact) mass is 499 g/mol. The number of hydrogen-bond acceptors (Lipinski definition) is 4. The number of benzene rings is 3. The van der Waals surface area contributed by atoms with Gasteiger partial charge < -0.3 is 15.2 Å². The Kier molecular flexibility index (Phi) is 9.89. The van der Waals surface area contributed by atoms with Crippen LogP contribution in [0.3, 0.4) is 0 Å². The number of rotatable bonds is 14. The number of aryl methyl sites for hydroxylation is 1. The van der Waals surface area contributed by atoms with Gasteiger partial charge in [-0.1, -0.05) is 85.6 Å². The van der Waals surface area contributed by atoms with Gasteiger partial charge in [0.2, 0.25) is 0 Å². The third-order valence-corrected chi connectivity index (χ3v) is 7.27. The fraction of sp³-hybridized carbons (Fsp3) is 0.375. The first-order valence-corrected chi connectivity index (χ1v) is 13.4. The normalized spacial score (nSPS) is 14.5. The van der Waals surface area contributed by atoms with Gasteiger partial charge in [0.05, 0.1) is 6.04 Å². The van der Waals surface area contributed by atoms with E-state index in [1.807, 2.05) is 30.3 Å². The lowest BCUT2D eigenvalue weighted by Crippen LogP contribution is -2.41. The predicted molar refractivity (Wildman–Crippen MR) is 146 cm³/mol. The lowest BCUT2D eigenvalue weighted by molar-refractivity contribution is -0.139. The van der Waals surface area contributed by atoms with Gasteiger partial charge in [0.1, 0.15) is 5.75 Å². The number of nitrogens with one attached hydrogen (secondary N) is 1. The van der Waals surface area contributed by atoms with Crippen LogP contribution in [0.25, 0.3) is 0 Å². The number of aliphatic carboxylic acids is 1. The summed E-state index contributed by atoms with van der Waals surface area (Å²) in [5, 5.41) is 12.5. The molecule has 1 atom stereocenters. The van der Waals surface area contributed by atoms with Crippen LogP contribution in [-0.2, 0) is 16.0 Å². The van der Waals surface area contributed by atoms with Crippen molar-refractivity contribution in [2.24, 2.45) is 5.92 Å². The van der Waals surface area contributed by atoms with E-state index in [0.29, 0.717) is 11.5 Å². The van der Waals surface area contributed by atoms with Gasteiger partial charge in [0, 0.05) is 11.8 Å². The molecule has 3 aromatic rings. The van der Waals surface area contributed by atoms with Crippen molar-refractivity contribution in [2.75, 3.05) is 13.2 Å². The van der Waals surface area contributed by atoms with E-state index in [9.17, 15) is 9.59 Å². The molecule has 2 N–H and O–H groups in total. The van der Waals surface area contributed by atoms with Crippen molar-refractivity contribution < 1.29 is 19.4 Å². The summed E-state index contributed by atoms with van der Waals surface area (Å²) in [6.07, 6.45) is 6.72. The summed E-state index contributed by atoms with van der Waals surface area (Å²) < 4.78 is 5.31. The molecule has 1 fully saturated rings. The van der Waals surface area contributed by atoms with Crippen LogP contribution in [0.4, 0.5) is 0 Å². The topological polar surface area (TPSA) is 75.6 Å². The van der Waals surface area contributed by atoms with Gasteiger partial charge >= 0.3 is 5.97 Å². The summed E-state index contributed by atoms with van der Waals surface area (Å²) in [7, 11) is 0. The number of carbonyl (C=O) groups is 2. The van der Waals surface area contributed by atoms with Crippen molar-refractivity contribution in [3.8, 4) is 5.75 Å². The molecule has 0 aromatic heterocycles. The molecule has 1 aliphatic carbocycles. The zero-order valence-corrected chi connectivity index (χ0v) is 21.4. The van der Waals surface area contributed by atoms with Gasteiger partial charge in [-0.3, -0.25) is 4.79 Å². The number of carbonyl (C=O) groups excluding carboxylic acids is 1. The van der Waals surface area contributed by atoms with Gasteiger partial charge in [-0.2, -0.15) is 0 Å². The molecule has 1 saturated carbocycles. The molecule has 4 rings (SSSR count). The average molecular weight is 500 g/mol. The number of ketones is 1. The molecular formula is C32H37NO4. The minimum absolute atomic E-state index is 0.147. The summed E-state index contributed by atoms with van der Waals surface area (Å²) in [5.41, 5.74) is 3.56. The van der Waals surface area contributed by atoms with E-state index in [2.05, 4.69) is 53.8 Å². The summed E-state index contributed by atoms with van der Waals surface area (Å²) in [6, 6.07) is 28.4. The second kappa shape index (κ2) is 13.8. The van der Waals surface area contributed by atoms with Crippen LogP contribution in [0, 0.1) is 5.92 Å². The molecule has 3 aromatic carbocycles. The maximum atomic E-state index is 13.7. The minimum atomic E-state index is -0.989. The molecular weight excluding hydrogens is 462 g/mol. The van der Waals surface area contributed by atoms with E-state index in [0.717, 1.165) is 57.1 Å². The standard InChI is InChI=1S/C32H37NO4/c34-31(35)23-37-28-19-9-11-24(21-28)12-10-20-33-30(32(36)27-17-7-8-18-27)22-29(25-13-3-1-4-14-25)26-15-5-2-6-16-26/h1-6,9,11,13-16,19,21,27,29-30,33H,7-8,10,12,17-18,20,22-23H2,(H,34,35). The van der Waals surface area contributed by atoms with Crippen molar-refractivity contribution in [3.63, 3.8) is 0 Å². The fourth-order valence-corrected chi connectivity index (χ4v) is 5.37. The number of hydrogen-bond donors (Lipinski definition) is 2. The Hall–Kier alpha value is -3.44. The molecule has 37 heavy (non-hydrogen) atoms. The highest BCUT2D eigenvalue weighted by Gasteiger charge is 2.31. The van der Waals surface area contributed by atoms with Crippen LogP contribution in [-0.4, -0.2) is 36.1 Å². The predicted octanol–water partition coefficient (Wildman–Crippen LogP) is 6.02. The maximum absolute atomic E-state index is 13.7. The average Bonchev–Trinajstić information content (AvgIpc) is 3.48. The van der Waals surface area contributed by atoms with Crippen molar-refractivity contribution in [1.82, 2.24) is 5.32 Å². The zero-order valence-electron chi connectivity index (χ0n) is 21.4. The van der Waals surface area contributed by atoms with E-state index in [1.165, 1.54) is 11.1 Å². The number of carboxylic acid groups (broad SMARTS) is 1. The first kappa shape index (κ1) is 26.6. The van der Waals surface area contributed by atoms with Crippen molar-refractivity contribution in [3.05, 3.63) is 102 Å². The van der Waals surface area contributed by atoms with Crippen molar-refractivity contribution in [1.29, 1.82) is 0 Å². The lowest BCUT2D eigenvalue weighted by Gasteiger charge is -2.27. The zero-order chi connectivity index (χ0) is 25.9. The Labute approximate surface area is 219 Å². The summed E-state index contributed by atoms with van der Waals surface area (Å²) >= 11 is 0. The molecule has 5 nitrogen and oxygen atoms in total. The molecule has 0 bridgehead atoms. The molecule has 0 aliphatic heterocycles.